The fraction of sp³-hybridized carbons (Fsp3) is 0.500. The summed E-state index contributed by atoms with van der Waals surface area (Å²) in [5, 5.41) is 4.63. The van der Waals surface area contributed by atoms with Gasteiger partial charge in [-0.1, -0.05) is 13.8 Å². The van der Waals surface area contributed by atoms with Gasteiger partial charge in [0.05, 0.1) is 15.2 Å². The van der Waals surface area contributed by atoms with Crippen molar-refractivity contribution in [2.45, 2.75) is 19.8 Å². The number of anilines is 1. The summed E-state index contributed by atoms with van der Waals surface area (Å²) < 4.78 is 1.31. The lowest BCUT2D eigenvalue weighted by molar-refractivity contribution is 0.589. The van der Waals surface area contributed by atoms with Gasteiger partial charge < -0.3 is 10.2 Å². The van der Waals surface area contributed by atoms with Gasteiger partial charge in [-0.05, 0) is 18.2 Å². The van der Waals surface area contributed by atoms with E-state index in [2.05, 4.69) is 47.2 Å². The third-order valence-corrected chi connectivity index (χ3v) is 4.68. The van der Waals surface area contributed by atoms with E-state index in [1.165, 1.54) is 15.4 Å². The highest BCUT2D eigenvalue weighted by atomic mass is 32.1. The van der Waals surface area contributed by atoms with Crippen LogP contribution >= 0.6 is 11.3 Å². The maximum atomic E-state index is 4.69. The maximum Gasteiger partial charge on any atom is 0.0963 e. The largest absolute Gasteiger partial charge is 0.369 e. The Morgan fingerprint density at radius 1 is 1.28 bits per heavy atom. The molecule has 1 aromatic carbocycles. The zero-order chi connectivity index (χ0) is 12.5. The molecule has 0 atom stereocenters. The zero-order valence-electron chi connectivity index (χ0n) is 10.9. The summed E-state index contributed by atoms with van der Waals surface area (Å²) in [6.45, 7) is 8.77. The minimum Gasteiger partial charge on any atom is -0.369 e. The number of hydrogen-bond donors (Lipinski definition) is 1. The van der Waals surface area contributed by atoms with Crippen LogP contribution in [0.3, 0.4) is 0 Å². The molecule has 1 fully saturated rings. The summed E-state index contributed by atoms with van der Waals surface area (Å²) in [7, 11) is 0. The minimum atomic E-state index is 0.519. The number of thiazole rings is 1. The van der Waals surface area contributed by atoms with Gasteiger partial charge in [0.15, 0.2) is 0 Å². The molecule has 0 radical (unpaired) electrons. The summed E-state index contributed by atoms with van der Waals surface area (Å²) in [6.07, 6.45) is 0. The monoisotopic (exact) mass is 261 g/mol. The molecule has 3 rings (SSSR count). The first-order chi connectivity index (χ1) is 8.74. The average molecular weight is 261 g/mol. The SMILES string of the molecule is CC(C)c1nc2ccc(N3CCNCC3)cc2s1. The summed E-state index contributed by atoms with van der Waals surface area (Å²) in [5.74, 6) is 0.519. The highest BCUT2D eigenvalue weighted by Gasteiger charge is 2.13. The Labute approximate surface area is 112 Å². The van der Waals surface area contributed by atoms with Crippen LogP contribution in [0.25, 0.3) is 10.2 Å². The Balaban J connectivity index is 1.94. The molecule has 1 N–H and O–H groups in total. The van der Waals surface area contributed by atoms with E-state index in [9.17, 15) is 0 Å². The number of nitrogens with one attached hydrogen (secondary N) is 1. The molecule has 2 aromatic rings. The Morgan fingerprint density at radius 3 is 2.78 bits per heavy atom. The van der Waals surface area contributed by atoms with Gasteiger partial charge in [-0.3, -0.25) is 0 Å². The van der Waals surface area contributed by atoms with Crippen molar-refractivity contribution >= 4 is 27.2 Å². The van der Waals surface area contributed by atoms with Crippen molar-refractivity contribution < 1.29 is 0 Å². The van der Waals surface area contributed by atoms with Gasteiger partial charge in [0, 0.05) is 37.8 Å². The highest BCUT2D eigenvalue weighted by molar-refractivity contribution is 7.18. The Kier molecular flexibility index (Phi) is 3.22. The molecule has 2 heterocycles. The van der Waals surface area contributed by atoms with E-state index in [1.54, 1.807) is 0 Å². The molecule has 0 saturated carbocycles. The van der Waals surface area contributed by atoms with E-state index in [4.69, 9.17) is 0 Å². The van der Waals surface area contributed by atoms with Crippen molar-refractivity contribution in [3.05, 3.63) is 23.2 Å². The Bertz CT molecular complexity index is 541. The van der Waals surface area contributed by atoms with Crippen LogP contribution in [0.4, 0.5) is 5.69 Å². The molecule has 1 aliphatic heterocycles. The summed E-state index contributed by atoms with van der Waals surface area (Å²) >= 11 is 1.83. The number of hydrogen-bond acceptors (Lipinski definition) is 4. The van der Waals surface area contributed by atoms with Crippen molar-refractivity contribution in [3.63, 3.8) is 0 Å². The van der Waals surface area contributed by atoms with Gasteiger partial charge in [-0.15, -0.1) is 11.3 Å². The lowest BCUT2D eigenvalue weighted by Gasteiger charge is -2.29. The number of nitrogens with zero attached hydrogens (tertiary/aromatic N) is 2. The molecular weight excluding hydrogens is 242 g/mol. The maximum absolute atomic E-state index is 4.69. The number of aromatic nitrogens is 1. The van der Waals surface area contributed by atoms with Crippen molar-refractivity contribution in [1.29, 1.82) is 0 Å². The van der Waals surface area contributed by atoms with Gasteiger partial charge in [0.25, 0.3) is 0 Å². The molecule has 96 valence electrons. The van der Waals surface area contributed by atoms with Gasteiger partial charge in [-0.2, -0.15) is 0 Å². The first-order valence-electron chi connectivity index (χ1n) is 6.60. The Morgan fingerprint density at radius 2 is 2.06 bits per heavy atom. The van der Waals surface area contributed by atoms with Gasteiger partial charge >= 0.3 is 0 Å². The number of benzene rings is 1. The molecule has 0 unspecified atom stereocenters. The summed E-state index contributed by atoms with van der Waals surface area (Å²) in [5.41, 5.74) is 2.48. The molecule has 1 aromatic heterocycles. The topological polar surface area (TPSA) is 28.2 Å². The molecule has 4 heteroatoms. The lowest BCUT2D eigenvalue weighted by atomic mass is 10.2. The predicted molar refractivity (Wildman–Crippen MR) is 78.8 cm³/mol. The molecule has 1 aliphatic rings. The first kappa shape index (κ1) is 11.9. The molecule has 0 spiro atoms. The molecule has 18 heavy (non-hydrogen) atoms. The van der Waals surface area contributed by atoms with Crippen LogP contribution in [-0.4, -0.2) is 31.2 Å². The molecule has 0 amide bonds. The quantitative estimate of drug-likeness (QED) is 0.901. The van der Waals surface area contributed by atoms with Crippen LogP contribution in [0, 0.1) is 0 Å². The summed E-state index contributed by atoms with van der Waals surface area (Å²) in [6, 6.07) is 6.66. The van der Waals surface area contributed by atoms with Crippen LogP contribution in [0.5, 0.6) is 0 Å². The van der Waals surface area contributed by atoms with E-state index in [0.29, 0.717) is 5.92 Å². The zero-order valence-corrected chi connectivity index (χ0v) is 11.8. The second kappa shape index (κ2) is 4.86. The van der Waals surface area contributed by atoms with Crippen LogP contribution in [-0.2, 0) is 0 Å². The number of fused-ring (bicyclic) bond motifs is 1. The van der Waals surface area contributed by atoms with Crippen molar-refractivity contribution in [2.75, 3.05) is 31.1 Å². The standard InChI is InChI=1S/C14H19N3S/c1-10(2)14-16-12-4-3-11(9-13(12)18-14)17-7-5-15-6-8-17/h3-4,9-10,15H,5-8H2,1-2H3. The first-order valence-corrected chi connectivity index (χ1v) is 7.42. The normalized spacial score (nSPS) is 16.7. The summed E-state index contributed by atoms with van der Waals surface area (Å²) in [4.78, 5) is 7.14. The van der Waals surface area contributed by atoms with Crippen molar-refractivity contribution in [1.82, 2.24) is 10.3 Å². The van der Waals surface area contributed by atoms with Crippen LogP contribution in [0.1, 0.15) is 24.8 Å². The molecule has 3 nitrogen and oxygen atoms in total. The molecular formula is C14H19N3S. The third kappa shape index (κ3) is 2.22. The number of piperazine rings is 1. The molecule has 1 saturated heterocycles. The fourth-order valence-electron chi connectivity index (χ4n) is 2.30. The Hall–Kier alpha value is -1.13. The van der Waals surface area contributed by atoms with E-state index >= 15 is 0 Å². The van der Waals surface area contributed by atoms with E-state index in [-0.39, 0.29) is 0 Å². The van der Waals surface area contributed by atoms with Gasteiger partial charge in [0.1, 0.15) is 0 Å². The molecule has 0 aliphatic carbocycles. The van der Waals surface area contributed by atoms with Gasteiger partial charge in [-0.25, -0.2) is 4.98 Å². The molecule has 0 bridgehead atoms. The van der Waals surface area contributed by atoms with Crippen LogP contribution < -0.4 is 10.2 Å². The lowest BCUT2D eigenvalue weighted by Crippen LogP contribution is -2.43. The minimum absolute atomic E-state index is 0.519. The van der Waals surface area contributed by atoms with Crippen LogP contribution in [0.2, 0.25) is 0 Å². The van der Waals surface area contributed by atoms with E-state index in [0.717, 1.165) is 31.7 Å². The van der Waals surface area contributed by atoms with Crippen molar-refractivity contribution in [3.8, 4) is 0 Å². The van der Waals surface area contributed by atoms with E-state index in [1.807, 2.05) is 11.3 Å². The third-order valence-electron chi connectivity index (χ3n) is 3.36. The van der Waals surface area contributed by atoms with Gasteiger partial charge in [0.2, 0.25) is 0 Å². The van der Waals surface area contributed by atoms with E-state index < -0.39 is 0 Å². The number of rotatable bonds is 2. The fourth-order valence-corrected chi connectivity index (χ4v) is 3.30. The van der Waals surface area contributed by atoms with Crippen LogP contribution in [0.15, 0.2) is 18.2 Å². The second-order valence-corrected chi connectivity index (χ2v) is 6.16. The average Bonchev–Trinajstić information content (AvgIpc) is 2.82. The predicted octanol–water partition coefficient (Wildman–Crippen LogP) is 2.83. The smallest absolute Gasteiger partial charge is 0.0963 e. The van der Waals surface area contributed by atoms with Crippen molar-refractivity contribution in [2.24, 2.45) is 0 Å². The highest BCUT2D eigenvalue weighted by Crippen LogP contribution is 2.30. The second-order valence-electron chi connectivity index (χ2n) is 5.10.